The third kappa shape index (κ3) is 3.24. The summed E-state index contributed by atoms with van der Waals surface area (Å²) in [5.74, 6) is 1.36. The quantitative estimate of drug-likeness (QED) is 0.648. The monoisotopic (exact) mass is 205 g/mol. The second kappa shape index (κ2) is 3.54. The highest BCUT2D eigenvalue weighted by molar-refractivity contribution is 7.62. The van der Waals surface area contributed by atoms with Crippen LogP contribution in [0.5, 0.6) is 0 Å². The largest absolute Gasteiger partial charge is 0.627 e. The number of rotatable bonds is 1. The first-order chi connectivity index (χ1) is 5.83. The van der Waals surface area contributed by atoms with Crippen LogP contribution in [-0.4, -0.2) is 13.2 Å². The number of hydrogen-bond donors (Lipinski definition) is 1. The van der Waals surface area contributed by atoms with Gasteiger partial charge < -0.3 is 10.6 Å². The summed E-state index contributed by atoms with van der Waals surface area (Å²) in [6, 6.07) is 0. The third-order valence-electron chi connectivity index (χ3n) is 1.63. The van der Waals surface area contributed by atoms with Crippen molar-refractivity contribution in [1.29, 1.82) is 0 Å². The summed E-state index contributed by atoms with van der Waals surface area (Å²) in [7, 11) is -3.04. The van der Waals surface area contributed by atoms with E-state index in [0.717, 1.165) is 0 Å². The number of allylic oxidation sites excluding steroid dienone is 1. The first-order valence-electron chi connectivity index (χ1n) is 4.17. The van der Waals surface area contributed by atoms with Crippen LogP contribution in [0.4, 0.5) is 0 Å². The Morgan fingerprint density at radius 1 is 1.46 bits per heavy atom. The van der Waals surface area contributed by atoms with Crippen molar-refractivity contribution in [2.24, 2.45) is 11.1 Å². The highest BCUT2D eigenvalue weighted by Crippen LogP contribution is 2.58. The van der Waals surface area contributed by atoms with Crippen LogP contribution in [0.1, 0.15) is 20.8 Å². The highest BCUT2D eigenvalue weighted by atomic mass is 31.2. The van der Waals surface area contributed by atoms with E-state index in [1.165, 1.54) is 5.82 Å². The second-order valence-electron chi connectivity index (χ2n) is 4.12. The third-order valence-corrected chi connectivity index (χ3v) is 3.33. The molecule has 0 aromatic heterocycles. The Balaban J connectivity index is 2.62. The van der Waals surface area contributed by atoms with Crippen molar-refractivity contribution in [1.82, 2.24) is 0 Å². The van der Waals surface area contributed by atoms with Crippen molar-refractivity contribution in [2.45, 2.75) is 20.8 Å². The predicted octanol–water partition coefficient (Wildman–Crippen LogP) is 1.00. The second-order valence-corrected chi connectivity index (χ2v) is 5.98. The zero-order chi connectivity index (χ0) is 10.1. The molecular weight excluding hydrogens is 189 g/mol. The average Bonchev–Trinajstić information content (AvgIpc) is 1.95. The molecule has 0 aromatic rings. The molecule has 4 nitrogen and oxygen atoms in total. The molecule has 1 fully saturated rings. The Morgan fingerprint density at radius 2 is 1.92 bits per heavy atom. The molecule has 0 aromatic carbocycles. The number of nitrogens with two attached hydrogens (primary N) is 1. The maximum absolute atomic E-state index is 11.7. The fourth-order valence-corrected chi connectivity index (χ4v) is 2.71. The Kier molecular flexibility index (Phi) is 2.98. The average molecular weight is 205 g/mol. The Hall–Kier alpha value is -0.150. The summed E-state index contributed by atoms with van der Waals surface area (Å²) in [4.78, 5) is 11.7. The van der Waals surface area contributed by atoms with Gasteiger partial charge in [-0.2, -0.15) is 0 Å². The highest BCUT2D eigenvalue weighted by Gasteiger charge is 2.39. The minimum atomic E-state index is -3.04. The van der Waals surface area contributed by atoms with Gasteiger partial charge in [-0.05, 0) is 6.92 Å². The predicted molar refractivity (Wildman–Crippen MR) is 50.5 cm³/mol. The van der Waals surface area contributed by atoms with Gasteiger partial charge in [-0.15, -0.1) is 0 Å². The molecule has 0 radical (unpaired) electrons. The van der Waals surface area contributed by atoms with Crippen molar-refractivity contribution in [3.05, 3.63) is 11.5 Å². The summed E-state index contributed by atoms with van der Waals surface area (Å²) in [5.41, 5.74) is 5.80. The van der Waals surface area contributed by atoms with Crippen LogP contribution in [0.2, 0.25) is 0 Å². The Bertz CT molecular complexity index is 213. The topological polar surface area (TPSA) is 67.5 Å². The van der Waals surface area contributed by atoms with E-state index in [1.54, 1.807) is 6.92 Å². The minimum absolute atomic E-state index is 0.0652. The van der Waals surface area contributed by atoms with E-state index < -0.39 is 7.94 Å². The van der Waals surface area contributed by atoms with E-state index in [1.807, 2.05) is 13.8 Å². The molecule has 5 heteroatoms. The van der Waals surface area contributed by atoms with Crippen molar-refractivity contribution in [2.75, 3.05) is 13.2 Å². The van der Waals surface area contributed by atoms with Crippen molar-refractivity contribution < 1.29 is 13.9 Å². The van der Waals surface area contributed by atoms with Gasteiger partial charge in [-0.25, -0.2) is 9.05 Å². The van der Waals surface area contributed by atoms with E-state index in [0.29, 0.717) is 18.9 Å². The van der Waals surface area contributed by atoms with Crippen LogP contribution in [0.25, 0.3) is 0 Å². The molecule has 13 heavy (non-hydrogen) atoms. The molecule has 2 N–H and O–H groups in total. The lowest BCUT2D eigenvalue weighted by molar-refractivity contribution is -0.228. The van der Waals surface area contributed by atoms with Gasteiger partial charge in [0.1, 0.15) is 19.0 Å². The van der Waals surface area contributed by atoms with Crippen molar-refractivity contribution in [3.8, 4) is 0 Å². The first-order valence-corrected chi connectivity index (χ1v) is 5.78. The van der Waals surface area contributed by atoms with Gasteiger partial charge in [0.15, 0.2) is 0 Å². The summed E-state index contributed by atoms with van der Waals surface area (Å²) in [5, 5.41) is 0. The molecule has 1 heterocycles. The lowest BCUT2D eigenvalue weighted by Crippen LogP contribution is -2.34. The summed E-state index contributed by atoms with van der Waals surface area (Å²) in [6.07, 6.45) is 0. The van der Waals surface area contributed by atoms with Crippen LogP contribution in [0.15, 0.2) is 11.5 Å². The fourth-order valence-electron chi connectivity index (χ4n) is 0.932. The maximum Gasteiger partial charge on any atom is 0.265 e. The van der Waals surface area contributed by atoms with Crippen molar-refractivity contribution in [3.63, 3.8) is 0 Å². The van der Waals surface area contributed by atoms with Crippen LogP contribution >= 0.6 is 7.94 Å². The van der Waals surface area contributed by atoms with Gasteiger partial charge in [0, 0.05) is 11.1 Å². The van der Waals surface area contributed by atoms with Crippen LogP contribution in [0.3, 0.4) is 0 Å². The van der Waals surface area contributed by atoms with Gasteiger partial charge in [0.25, 0.3) is 7.94 Å². The molecule has 1 saturated heterocycles. The maximum atomic E-state index is 11.7. The van der Waals surface area contributed by atoms with E-state index in [2.05, 4.69) is 0 Å². The van der Waals surface area contributed by atoms with Crippen LogP contribution in [0, 0.1) is 5.41 Å². The molecule has 1 aliphatic heterocycles. The minimum Gasteiger partial charge on any atom is -0.627 e. The molecule has 76 valence electrons. The number of hydrogen-bond acceptors (Lipinski definition) is 4. The van der Waals surface area contributed by atoms with Gasteiger partial charge in [-0.3, -0.25) is 0 Å². The zero-order valence-electron chi connectivity index (χ0n) is 8.24. The van der Waals surface area contributed by atoms with Crippen LogP contribution in [-0.2, 0) is 9.05 Å². The molecule has 0 saturated carbocycles. The van der Waals surface area contributed by atoms with Gasteiger partial charge >= 0.3 is 0 Å². The van der Waals surface area contributed by atoms with Gasteiger partial charge in [0.05, 0.1) is 0 Å². The summed E-state index contributed by atoms with van der Waals surface area (Å²) >= 11 is 0. The normalized spacial score (nSPS) is 27.2. The molecule has 0 unspecified atom stereocenters. The van der Waals surface area contributed by atoms with E-state index >= 15 is 0 Å². The molecule has 0 amide bonds. The SMILES string of the molecule is C/C(N)=C/[P+]1([O-])OCC(C)(C)CO1. The van der Waals surface area contributed by atoms with Gasteiger partial charge in [0.2, 0.25) is 0 Å². The van der Waals surface area contributed by atoms with E-state index in [-0.39, 0.29) is 5.41 Å². The molecule has 0 atom stereocenters. The fraction of sp³-hybridized carbons (Fsp3) is 0.750. The Labute approximate surface area is 79.3 Å². The molecule has 0 spiro atoms. The summed E-state index contributed by atoms with van der Waals surface area (Å²) < 4.78 is 10.3. The lowest BCUT2D eigenvalue weighted by Gasteiger charge is -2.36. The smallest absolute Gasteiger partial charge is 0.265 e. The molecule has 1 aliphatic rings. The van der Waals surface area contributed by atoms with E-state index in [9.17, 15) is 4.89 Å². The standard InChI is InChI=1S/C8H16NO3P/c1-7(9)4-13(10)11-5-8(2,3)6-12-13/h4H,5-6,9H2,1-3H3/b7-4-. The summed E-state index contributed by atoms with van der Waals surface area (Å²) in [6.45, 7) is 6.53. The first kappa shape index (κ1) is 10.9. The van der Waals surface area contributed by atoms with E-state index in [4.69, 9.17) is 14.8 Å². The van der Waals surface area contributed by atoms with Crippen molar-refractivity contribution >= 4 is 7.94 Å². The lowest BCUT2D eigenvalue weighted by atomic mass is 9.97. The Morgan fingerprint density at radius 3 is 2.31 bits per heavy atom. The van der Waals surface area contributed by atoms with Crippen LogP contribution < -0.4 is 10.6 Å². The zero-order valence-corrected chi connectivity index (χ0v) is 9.14. The molecule has 0 bridgehead atoms. The molecular formula is C8H16NO3P. The molecule has 1 rings (SSSR count). The molecule has 0 aliphatic carbocycles. The van der Waals surface area contributed by atoms with Gasteiger partial charge in [-0.1, -0.05) is 13.8 Å².